The minimum atomic E-state index is -3.83. The summed E-state index contributed by atoms with van der Waals surface area (Å²) < 4.78 is 30.8. The zero-order chi connectivity index (χ0) is 23.8. The molecule has 0 spiro atoms. The molecule has 0 bridgehead atoms. The van der Waals surface area contributed by atoms with Crippen LogP contribution in [0.1, 0.15) is 48.0 Å². The number of carbonyl (C=O) groups excluding carboxylic acids is 1. The van der Waals surface area contributed by atoms with E-state index in [0.29, 0.717) is 16.8 Å². The topological polar surface area (TPSA) is 92.6 Å². The molecule has 0 aliphatic heterocycles. The highest BCUT2D eigenvalue weighted by Gasteiger charge is 2.22. The standard InChI is InChI=1S/C24H26N4O3S2/c1-16-8-9-18(24(2,3)4)13-21(16)33(30,31)27-19-7-5-6-17(12-19)22(29)25-14-20-15-28-10-11-32-23(28)26-20/h5-13,15,27H,14H2,1-4H3,(H,25,29). The average molecular weight is 483 g/mol. The van der Waals surface area contributed by atoms with E-state index in [1.807, 2.05) is 55.1 Å². The number of imidazole rings is 1. The Balaban J connectivity index is 1.50. The number of fused-ring (bicyclic) bond motifs is 1. The van der Waals surface area contributed by atoms with Crippen LogP contribution in [0.4, 0.5) is 5.69 Å². The first-order valence-electron chi connectivity index (χ1n) is 10.5. The third kappa shape index (κ3) is 5.09. The summed E-state index contributed by atoms with van der Waals surface area (Å²) in [6.07, 6.45) is 3.78. The lowest BCUT2D eigenvalue weighted by atomic mass is 9.87. The van der Waals surface area contributed by atoms with Crippen molar-refractivity contribution >= 4 is 37.9 Å². The lowest BCUT2D eigenvalue weighted by Gasteiger charge is -2.21. The van der Waals surface area contributed by atoms with E-state index in [2.05, 4.69) is 15.0 Å². The Hall–Kier alpha value is -3.17. The van der Waals surface area contributed by atoms with Crippen molar-refractivity contribution in [1.82, 2.24) is 14.7 Å². The summed E-state index contributed by atoms with van der Waals surface area (Å²) in [4.78, 5) is 18.2. The van der Waals surface area contributed by atoms with Crippen LogP contribution in [-0.2, 0) is 22.0 Å². The SMILES string of the molecule is Cc1ccc(C(C)(C)C)cc1S(=O)(=O)Nc1cccc(C(=O)NCc2cn3ccsc3n2)c1. The molecule has 4 rings (SSSR count). The minimum absolute atomic E-state index is 0.180. The fourth-order valence-corrected chi connectivity index (χ4v) is 5.46. The molecule has 0 aliphatic rings. The molecule has 0 aliphatic carbocycles. The Morgan fingerprint density at radius 2 is 1.94 bits per heavy atom. The second-order valence-electron chi connectivity index (χ2n) is 8.92. The Morgan fingerprint density at radius 1 is 1.15 bits per heavy atom. The number of thiazole rings is 1. The average Bonchev–Trinajstić information content (AvgIpc) is 3.33. The van der Waals surface area contributed by atoms with Gasteiger partial charge < -0.3 is 5.32 Å². The number of rotatable bonds is 6. The predicted octanol–water partition coefficient (Wildman–Crippen LogP) is 4.73. The molecule has 0 atom stereocenters. The Morgan fingerprint density at radius 3 is 2.67 bits per heavy atom. The highest BCUT2D eigenvalue weighted by Crippen LogP contribution is 2.28. The second kappa shape index (κ2) is 8.64. The number of anilines is 1. The molecule has 0 radical (unpaired) electrons. The number of sulfonamides is 1. The van der Waals surface area contributed by atoms with Gasteiger partial charge in [-0.25, -0.2) is 13.4 Å². The van der Waals surface area contributed by atoms with E-state index >= 15 is 0 Å². The minimum Gasteiger partial charge on any atom is -0.346 e. The largest absolute Gasteiger partial charge is 0.346 e. The third-order valence-corrected chi connectivity index (χ3v) is 7.59. The summed E-state index contributed by atoms with van der Waals surface area (Å²) in [5.74, 6) is -0.307. The van der Waals surface area contributed by atoms with Gasteiger partial charge >= 0.3 is 0 Å². The number of benzene rings is 2. The molecule has 0 unspecified atom stereocenters. The summed E-state index contributed by atoms with van der Waals surface area (Å²) in [5.41, 5.74) is 2.84. The summed E-state index contributed by atoms with van der Waals surface area (Å²) in [6.45, 7) is 8.16. The molecule has 0 saturated carbocycles. The van der Waals surface area contributed by atoms with Gasteiger partial charge in [0.15, 0.2) is 4.96 Å². The van der Waals surface area contributed by atoms with Crippen molar-refractivity contribution in [3.05, 3.63) is 82.6 Å². The van der Waals surface area contributed by atoms with Gasteiger partial charge in [-0.2, -0.15) is 0 Å². The first kappa shape index (κ1) is 23.0. The van der Waals surface area contributed by atoms with Gasteiger partial charge in [0, 0.05) is 29.0 Å². The normalized spacial score (nSPS) is 12.1. The quantitative estimate of drug-likeness (QED) is 0.415. The van der Waals surface area contributed by atoms with Gasteiger partial charge in [0.1, 0.15) is 0 Å². The molecule has 33 heavy (non-hydrogen) atoms. The summed E-state index contributed by atoms with van der Waals surface area (Å²) in [7, 11) is -3.83. The van der Waals surface area contributed by atoms with E-state index in [1.54, 1.807) is 31.2 Å². The number of hydrogen-bond acceptors (Lipinski definition) is 5. The van der Waals surface area contributed by atoms with Crippen molar-refractivity contribution in [1.29, 1.82) is 0 Å². The number of hydrogen-bond donors (Lipinski definition) is 2. The Kier molecular flexibility index (Phi) is 6.02. The van der Waals surface area contributed by atoms with E-state index in [0.717, 1.165) is 16.2 Å². The molecule has 2 aromatic heterocycles. The zero-order valence-electron chi connectivity index (χ0n) is 18.9. The van der Waals surface area contributed by atoms with Crippen molar-refractivity contribution in [2.75, 3.05) is 4.72 Å². The maximum atomic E-state index is 13.1. The van der Waals surface area contributed by atoms with Gasteiger partial charge in [-0.05, 0) is 47.7 Å². The fourth-order valence-electron chi connectivity index (χ4n) is 3.42. The van der Waals surface area contributed by atoms with E-state index in [-0.39, 0.29) is 22.8 Å². The number of aromatic nitrogens is 2. The van der Waals surface area contributed by atoms with Gasteiger partial charge in [-0.3, -0.25) is 13.9 Å². The van der Waals surface area contributed by atoms with E-state index in [4.69, 9.17) is 0 Å². The molecule has 9 heteroatoms. The lowest BCUT2D eigenvalue weighted by Crippen LogP contribution is -2.23. The maximum absolute atomic E-state index is 13.1. The summed E-state index contributed by atoms with van der Waals surface area (Å²) in [6, 6.07) is 11.9. The van der Waals surface area contributed by atoms with Crippen molar-refractivity contribution in [3.63, 3.8) is 0 Å². The highest BCUT2D eigenvalue weighted by molar-refractivity contribution is 7.92. The van der Waals surface area contributed by atoms with E-state index in [1.165, 1.54) is 17.4 Å². The van der Waals surface area contributed by atoms with E-state index in [9.17, 15) is 13.2 Å². The second-order valence-corrected chi connectivity index (χ2v) is 11.4. The van der Waals surface area contributed by atoms with Gasteiger partial charge in [0.2, 0.25) is 0 Å². The van der Waals surface area contributed by atoms with Gasteiger partial charge in [-0.1, -0.05) is 39.0 Å². The molecule has 2 N–H and O–H groups in total. The van der Waals surface area contributed by atoms with Crippen molar-refractivity contribution in [2.24, 2.45) is 0 Å². The molecule has 2 aromatic carbocycles. The van der Waals surface area contributed by atoms with Crippen molar-refractivity contribution in [2.45, 2.75) is 44.6 Å². The van der Waals surface area contributed by atoms with Gasteiger partial charge in [0.25, 0.3) is 15.9 Å². The Bertz CT molecular complexity index is 1400. The summed E-state index contributed by atoms with van der Waals surface area (Å²) in [5, 5.41) is 4.78. The first-order chi connectivity index (χ1) is 15.5. The molecule has 2 heterocycles. The number of amides is 1. The molecular formula is C24H26N4O3S2. The fraction of sp³-hybridized carbons (Fsp3) is 0.250. The smallest absolute Gasteiger partial charge is 0.262 e. The van der Waals surface area contributed by atoms with Crippen LogP contribution >= 0.6 is 11.3 Å². The predicted molar refractivity (Wildman–Crippen MR) is 131 cm³/mol. The van der Waals surface area contributed by atoms with Crippen LogP contribution in [0, 0.1) is 6.92 Å². The molecule has 172 valence electrons. The third-order valence-electron chi connectivity index (χ3n) is 5.29. The molecule has 1 amide bonds. The van der Waals surface area contributed by atoms with Crippen LogP contribution in [0.2, 0.25) is 0 Å². The highest BCUT2D eigenvalue weighted by atomic mass is 32.2. The number of aryl methyl sites for hydroxylation is 1. The van der Waals surface area contributed by atoms with Crippen molar-refractivity contribution in [3.8, 4) is 0 Å². The first-order valence-corrected chi connectivity index (χ1v) is 12.8. The molecular weight excluding hydrogens is 456 g/mol. The molecule has 7 nitrogen and oxygen atoms in total. The number of nitrogens with zero attached hydrogens (tertiary/aromatic N) is 2. The van der Waals surface area contributed by atoms with Gasteiger partial charge in [0.05, 0.1) is 17.1 Å². The van der Waals surface area contributed by atoms with Crippen LogP contribution in [0.3, 0.4) is 0 Å². The monoisotopic (exact) mass is 482 g/mol. The maximum Gasteiger partial charge on any atom is 0.262 e. The lowest BCUT2D eigenvalue weighted by molar-refractivity contribution is 0.0950. The van der Waals surface area contributed by atoms with Crippen LogP contribution in [-0.4, -0.2) is 23.7 Å². The molecule has 4 aromatic rings. The van der Waals surface area contributed by atoms with Crippen molar-refractivity contribution < 1.29 is 13.2 Å². The summed E-state index contributed by atoms with van der Waals surface area (Å²) >= 11 is 1.52. The Labute approximate surface area is 197 Å². The number of carbonyl (C=O) groups is 1. The zero-order valence-corrected chi connectivity index (χ0v) is 20.5. The van der Waals surface area contributed by atoms with Crippen LogP contribution in [0.15, 0.2) is 65.1 Å². The van der Waals surface area contributed by atoms with Crippen LogP contribution in [0.5, 0.6) is 0 Å². The van der Waals surface area contributed by atoms with E-state index < -0.39 is 10.0 Å². The van der Waals surface area contributed by atoms with Crippen LogP contribution in [0.25, 0.3) is 4.96 Å². The molecule has 0 fully saturated rings. The van der Waals surface area contributed by atoms with Crippen LogP contribution < -0.4 is 10.0 Å². The number of nitrogens with one attached hydrogen (secondary N) is 2. The van der Waals surface area contributed by atoms with Gasteiger partial charge in [-0.15, -0.1) is 11.3 Å². The molecule has 0 saturated heterocycles.